The zero-order valence-corrected chi connectivity index (χ0v) is 18.4. The van der Waals surface area contributed by atoms with Crippen LogP contribution >= 0.6 is 0 Å². The Morgan fingerprint density at radius 1 is 0.970 bits per heavy atom. The highest BCUT2D eigenvalue weighted by Crippen LogP contribution is 2.29. The van der Waals surface area contributed by atoms with Gasteiger partial charge in [-0.15, -0.1) is 0 Å². The van der Waals surface area contributed by atoms with E-state index >= 15 is 0 Å². The number of hydrogen-bond donors (Lipinski definition) is 1. The third-order valence-corrected chi connectivity index (χ3v) is 5.60. The average molecular weight is 456 g/mol. The van der Waals surface area contributed by atoms with E-state index in [-0.39, 0.29) is 56.8 Å². The molecule has 0 bridgehead atoms. The molecule has 2 aliphatic rings. The van der Waals surface area contributed by atoms with Gasteiger partial charge in [-0.1, -0.05) is 24.3 Å². The molecule has 0 radical (unpaired) electrons. The fourth-order valence-electron chi connectivity index (χ4n) is 3.91. The predicted octanol–water partition coefficient (Wildman–Crippen LogP) is 2.43. The maximum atomic E-state index is 12.8. The van der Waals surface area contributed by atoms with Gasteiger partial charge in [-0.05, 0) is 30.4 Å². The zero-order chi connectivity index (χ0) is 23.0. The summed E-state index contributed by atoms with van der Waals surface area (Å²) < 4.78 is 16.3. The molecule has 2 aliphatic heterocycles. The van der Waals surface area contributed by atoms with E-state index in [2.05, 4.69) is 5.48 Å². The summed E-state index contributed by atoms with van der Waals surface area (Å²) in [6, 6.07) is 10.9. The van der Waals surface area contributed by atoms with Crippen LogP contribution in [0.25, 0.3) is 10.8 Å². The van der Waals surface area contributed by atoms with Gasteiger partial charge in [-0.3, -0.25) is 19.3 Å². The number of amides is 3. The van der Waals surface area contributed by atoms with Crippen LogP contribution in [0, 0.1) is 0 Å². The Morgan fingerprint density at radius 3 is 2.33 bits per heavy atom. The number of nitrogens with zero attached hydrogens (tertiary/aromatic N) is 1. The first-order valence-electron chi connectivity index (χ1n) is 11.2. The summed E-state index contributed by atoms with van der Waals surface area (Å²) >= 11 is 0. The molecule has 9 heteroatoms. The van der Waals surface area contributed by atoms with Gasteiger partial charge in [0, 0.05) is 29.5 Å². The second-order valence-corrected chi connectivity index (χ2v) is 7.89. The largest absolute Gasteiger partial charge is 0.379 e. The monoisotopic (exact) mass is 456 g/mol. The van der Waals surface area contributed by atoms with E-state index < -0.39 is 0 Å². The number of carbonyl (C=O) groups excluding carboxylic acids is 3. The van der Waals surface area contributed by atoms with Gasteiger partial charge in [0.1, 0.15) is 0 Å². The summed E-state index contributed by atoms with van der Waals surface area (Å²) in [6.45, 7) is 1.82. The highest BCUT2D eigenvalue weighted by Gasteiger charge is 2.32. The quantitative estimate of drug-likeness (QED) is 0.315. The minimum absolute atomic E-state index is 0.158. The van der Waals surface area contributed by atoms with Crippen molar-refractivity contribution in [1.29, 1.82) is 0 Å². The molecular weight excluding hydrogens is 428 g/mol. The molecule has 9 nitrogen and oxygen atoms in total. The topological polar surface area (TPSA) is 103 Å². The van der Waals surface area contributed by atoms with Crippen molar-refractivity contribution in [2.75, 3.05) is 39.6 Å². The van der Waals surface area contributed by atoms with Crippen LogP contribution < -0.4 is 5.48 Å². The minimum Gasteiger partial charge on any atom is -0.379 e. The van der Waals surface area contributed by atoms with Gasteiger partial charge < -0.3 is 14.2 Å². The van der Waals surface area contributed by atoms with Gasteiger partial charge in [-0.25, -0.2) is 10.3 Å². The summed E-state index contributed by atoms with van der Waals surface area (Å²) in [5.74, 6) is -0.894. The van der Waals surface area contributed by atoms with E-state index in [9.17, 15) is 14.4 Å². The molecule has 2 heterocycles. The van der Waals surface area contributed by atoms with E-state index in [0.29, 0.717) is 29.7 Å². The van der Waals surface area contributed by atoms with Gasteiger partial charge in [0.25, 0.3) is 11.8 Å². The first kappa shape index (κ1) is 23.3. The van der Waals surface area contributed by atoms with Crippen LogP contribution in [0.1, 0.15) is 46.4 Å². The van der Waals surface area contributed by atoms with Gasteiger partial charge in [0.2, 0.25) is 5.91 Å². The number of ether oxygens (including phenoxy) is 3. The first-order valence-corrected chi connectivity index (χ1v) is 11.2. The summed E-state index contributed by atoms with van der Waals surface area (Å²) in [5.41, 5.74) is 3.44. The van der Waals surface area contributed by atoms with Gasteiger partial charge in [-0.2, -0.15) is 0 Å². The molecule has 176 valence electrons. The number of hydroxylamine groups is 1. The van der Waals surface area contributed by atoms with E-state index in [4.69, 9.17) is 19.0 Å². The minimum atomic E-state index is -0.378. The molecule has 33 heavy (non-hydrogen) atoms. The molecule has 1 saturated heterocycles. The molecule has 3 amide bonds. The van der Waals surface area contributed by atoms with Crippen molar-refractivity contribution in [1.82, 2.24) is 10.4 Å². The summed E-state index contributed by atoms with van der Waals surface area (Å²) in [4.78, 5) is 43.8. The van der Waals surface area contributed by atoms with Crippen molar-refractivity contribution >= 4 is 28.5 Å². The molecule has 2 aromatic rings. The van der Waals surface area contributed by atoms with Crippen LogP contribution in [0.3, 0.4) is 0 Å². The molecule has 0 aromatic heterocycles. The normalized spacial score (nSPS) is 18.1. The van der Waals surface area contributed by atoms with Crippen LogP contribution in [0.4, 0.5) is 0 Å². The molecular formula is C24H28N2O7. The predicted molar refractivity (Wildman–Crippen MR) is 118 cm³/mol. The number of benzene rings is 2. The maximum absolute atomic E-state index is 12.8. The lowest BCUT2D eigenvalue weighted by atomic mass is 9.94. The first-order chi connectivity index (χ1) is 16.1. The molecule has 0 spiro atoms. The third kappa shape index (κ3) is 5.75. The molecule has 4 rings (SSSR count). The van der Waals surface area contributed by atoms with E-state index in [1.807, 2.05) is 24.3 Å². The highest BCUT2D eigenvalue weighted by atomic mass is 16.8. The number of imide groups is 1. The number of nitrogens with one attached hydrogen (secondary N) is 1. The third-order valence-electron chi connectivity index (χ3n) is 5.60. The molecule has 1 unspecified atom stereocenters. The molecule has 2 aromatic carbocycles. The second kappa shape index (κ2) is 11.3. The maximum Gasteiger partial charge on any atom is 0.261 e. The zero-order valence-electron chi connectivity index (χ0n) is 18.4. The van der Waals surface area contributed by atoms with Crippen molar-refractivity contribution < 1.29 is 33.4 Å². The Labute approximate surface area is 191 Å². The van der Waals surface area contributed by atoms with Gasteiger partial charge in [0.05, 0.1) is 39.4 Å². The molecule has 0 saturated carbocycles. The lowest BCUT2D eigenvalue weighted by Gasteiger charge is -2.27. The Bertz CT molecular complexity index is 953. The van der Waals surface area contributed by atoms with E-state index in [1.54, 1.807) is 12.1 Å². The van der Waals surface area contributed by atoms with Crippen LogP contribution in [0.15, 0.2) is 36.4 Å². The van der Waals surface area contributed by atoms with Crippen molar-refractivity contribution in [2.45, 2.75) is 32.0 Å². The lowest BCUT2D eigenvalue weighted by Crippen LogP contribution is -2.42. The fourth-order valence-corrected chi connectivity index (χ4v) is 3.91. The molecule has 1 atom stereocenters. The van der Waals surface area contributed by atoms with Crippen LogP contribution in [0.5, 0.6) is 0 Å². The van der Waals surface area contributed by atoms with Crippen molar-refractivity contribution in [2.24, 2.45) is 0 Å². The fraction of sp³-hybridized carbons (Fsp3) is 0.458. The Hall–Kier alpha value is -2.85. The molecule has 0 aliphatic carbocycles. The molecule has 1 fully saturated rings. The summed E-state index contributed by atoms with van der Waals surface area (Å²) in [7, 11) is 0. The van der Waals surface area contributed by atoms with Crippen LogP contribution in [-0.2, 0) is 23.8 Å². The van der Waals surface area contributed by atoms with Gasteiger partial charge >= 0.3 is 0 Å². The number of carbonyl (C=O) groups is 3. The Balaban J connectivity index is 1.11. The van der Waals surface area contributed by atoms with Crippen molar-refractivity contribution in [3.8, 4) is 0 Å². The van der Waals surface area contributed by atoms with Gasteiger partial charge in [0.15, 0.2) is 6.29 Å². The lowest BCUT2D eigenvalue weighted by molar-refractivity contribution is -0.200. The number of rotatable bonds is 11. The smallest absolute Gasteiger partial charge is 0.261 e. The Morgan fingerprint density at radius 2 is 1.67 bits per heavy atom. The van der Waals surface area contributed by atoms with E-state index in [1.165, 1.54) is 4.90 Å². The van der Waals surface area contributed by atoms with Crippen molar-refractivity contribution in [3.63, 3.8) is 0 Å². The highest BCUT2D eigenvalue weighted by molar-refractivity contribution is 6.25. The van der Waals surface area contributed by atoms with E-state index in [0.717, 1.165) is 24.6 Å². The summed E-state index contributed by atoms with van der Waals surface area (Å²) in [5, 5.41) is 1.59. The SMILES string of the molecule is O=C(CCOCCOCCN1C(=O)c2cccc3cccc(c23)C1=O)NOC1CCCCO1. The second-order valence-electron chi connectivity index (χ2n) is 7.89. The number of hydrogen-bond acceptors (Lipinski definition) is 7. The summed E-state index contributed by atoms with van der Waals surface area (Å²) in [6.07, 6.45) is 2.59. The van der Waals surface area contributed by atoms with Crippen LogP contribution in [-0.4, -0.2) is 68.5 Å². The standard InChI is InChI=1S/C24H28N2O7/c27-20(25-33-21-9-1-2-12-32-21)10-13-30-15-16-31-14-11-26-23(28)18-7-3-5-17-6-4-8-19(22(17)18)24(26)29/h3-8,21H,1-2,9-16H2,(H,25,27). The Kier molecular flexibility index (Phi) is 8.01. The van der Waals surface area contributed by atoms with Crippen LogP contribution in [0.2, 0.25) is 0 Å². The van der Waals surface area contributed by atoms with Crippen molar-refractivity contribution in [3.05, 3.63) is 47.5 Å². The molecule has 1 N–H and O–H groups in total. The average Bonchev–Trinajstić information content (AvgIpc) is 2.85.